The third-order valence-electron chi connectivity index (χ3n) is 7.09. The number of rotatable bonds is 11. The largest absolute Gasteiger partial charge is 1.00 e. The number of hydrogen-bond acceptors (Lipinski definition) is 5. The number of nitrogens with one attached hydrogen (secondary N) is 3. The first-order chi connectivity index (χ1) is 18.9. The Morgan fingerprint density at radius 2 is 0.732 bits per heavy atom. The van der Waals surface area contributed by atoms with Crippen molar-refractivity contribution in [1.82, 2.24) is 15.3 Å². The number of hydrogen-bond donors (Lipinski definition) is 3. The fraction of sp³-hybridized carbons (Fsp3) is 0.212. The zero-order valence-corrected chi connectivity index (χ0v) is 25.0. The summed E-state index contributed by atoms with van der Waals surface area (Å²) in [7, 11) is 0. The van der Waals surface area contributed by atoms with Crippen molar-refractivity contribution in [1.29, 1.82) is 0 Å². The van der Waals surface area contributed by atoms with Gasteiger partial charge < -0.3 is 53.2 Å². The van der Waals surface area contributed by atoms with E-state index in [2.05, 4.69) is 113 Å². The molecule has 0 saturated heterocycles. The second-order valence-corrected chi connectivity index (χ2v) is 9.71. The summed E-state index contributed by atoms with van der Waals surface area (Å²) in [6, 6.07) is 33.5. The average Bonchev–Trinajstić information content (AvgIpc) is 2.97. The first kappa shape index (κ1) is 32.2. The first-order valence-corrected chi connectivity index (χ1v) is 13.6. The van der Waals surface area contributed by atoms with Crippen LogP contribution < -0.4 is 53.2 Å². The molecule has 0 fully saturated rings. The molecule has 0 atom stereocenters. The SMILES string of the molecule is [Cl-].[Cl-].[Cl-].[H+].[H+].[H+].c1ccc2c(NCCCCNCCCNc3c4ccccc4nc4ccccc34)c3ccccc3nc2c1. The molecule has 2 aromatic heterocycles. The van der Waals surface area contributed by atoms with Gasteiger partial charge >= 0.3 is 4.28 Å². The molecule has 2 heterocycles. The van der Waals surface area contributed by atoms with E-state index in [1.807, 2.05) is 0 Å². The molecule has 6 rings (SSSR count). The molecule has 0 aliphatic carbocycles. The fourth-order valence-corrected chi connectivity index (χ4v) is 5.20. The third kappa shape index (κ3) is 7.30. The van der Waals surface area contributed by atoms with Crippen molar-refractivity contribution < 1.29 is 41.5 Å². The van der Waals surface area contributed by atoms with Crippen LogP contribution in [0.4, 0.5) is 11.4 Å². The minimum absolute atomic E-state index is 0. The van der Waals surface area contributed by atoms with Crippen molar-refractivity contribution in [3.05, 3.63) is 97.1 Å². The van der Waals surface area contributed by atoms with E-state index in [1.165, 1.54) is 32.9 Å². The van der Waals surface area contributed by atoms with Crippen LogP contribution in [-0.4, -0.2) is 36.1 Å². The predicted molar refractivity (Wildman–Crippen MR) is 166 cm³/mol. The van der Waals surface area contributed by atoms with Crippen LogP contribution in [0.1, 0.15) is 23.5 Å². The second kappa shape index (κ2) is 15.6. The molecular formula is C33H36Cl3N5. The molecule has 0 aliphatic rings. The van der Waals surface area contributed by atoms with Gasteiger partial charge in [-0.3, -0.25) is 0 Å². The summed E-state index contributed by atoms with van der Waals surface area (Å²) < 4.78 is 0. The number of unbranched alkanes of at least 4 members (excludes halogenated alkanes) is 1. The lowest BCUT2D eigenvalue weighted by Gasteiger charge is -2.14. The van der Waals surface area contributed by atoms with Gasteiger partial charge in [-0.25, -0.2) is 9.97 Å². The van der Waals surface area contributed by atoms with Crippen molar-refractivity contribution in [2.24, 2.45) is 0 Å². The lowest BCUT2D eigenvalue weighted by atomic mass is 10.1. The Morgan fingerprint density at radius 3 is 1.15 bits per heavy atom. The van der Waals surface area contributed by atoms with E-state index < -0.39 is 0 Å². The Morgan fingerprint density at radius 1 is 0.415 bits per heavy atom. The van der Waals surface area contributed by atoms with Crippen molar-refractivity contribution in [2.45, 2.75) is 19.3 Å². The number of benzene rings is 4. The van der Waals surface area contributed by atoms with Gasteiger partial charge in [0.05, 0.1) is 33.4 Å². The smallest absolute Gasteiger partial charge is 1.00 e. The normalized spacial score (nSPS) is 10.6. The van der Waals surface area contributed by atoms with Gasteiger partial charge in [0.25, 0.3) is 0 Å². The second-order valence-electron chi connectivity index (χ2n) is 9.71. The van der Waals surface area contributed by atoms with Crippen molar-refractivity contribution in [2.75, 3.05) is 36.8 Å². The molecule has 0 amide bonds. The summed E-state index contributed by atoms with van der Waals surface area (Å²) in [5.74, 6) is 0. The van der Waals surface area contributed by atoms with Crippen molar-refractivity contribution >= 4 is 55.0 Å². The first-order valence-electron chi connectivity index (χ1n) is 13.6. The van der Waals surface area contributed by atoms with Crippen molar-refractivity contribution in [3.63, 3.8) is 0 Å². The lowest BCUT2D eigenvalue weighted by Crippen LogP contribution is -3.00. The van der Waals surface area contributed by atoms with Gasteiger partial charge in [-0.05, 0) is 56.6 Å². The third-order valence-corrected chi connectivity index (χ3v) is 7.09. The van der Waals surface area contributed by atoms with Gasteiger partial charge in [-0.15, -0.1) is 0 Å². The molecule has 0 unspecified atom stereocenters. The Hall–Kier alpha value is -3.35. The molecule has 4 aromatic carbocycles. The summed E-state index contributed by atoms with van der Waals surface area (Å²) in [6.07, 6.45) is 3.32. The number of halogens is 3. The summed E-state index contributed by atoms with van der Waals surface area (Å²) in [6.45, 7) is 3.90. The maximum absolute atomic E-state index is 4.82. The topological polar surface area (TPSA) is 61.9 Å². The van der Waals surface area contributed by atoms with E-state index >= 15 is 0 Å². The summed E-state index contributed by atoms with van der Waals surface area (Å²) in [5.41, 5.74) is 6.53. The number of fused-ring (bicyclic) bond motifs is 4. The number of nitrogens with zero attached hydrogens (tertiary/aromatic N) is 2. The molecule has 3 N–H and O–H groups in total. The number of aromatic nitrogens is 2. The van der Waals surface area contributed by atoms with E-state index in [4.69, 9.17) is 9.97 Å². The molecule has 8 heteroatoms. The Kier molecular flexibility index (Phi) is 12.2. The maximum atomic E-state index is 4.82. The Balaban J connectivity index is 0.00000308. The molecule has 6 aromatic rings. The summed E-state index contributed by atoms with van der Waals surface area (Å²) in [5, 5.41) is 15.8. The van der Waals surface area contributed by atoms with Crippen LogP contribution in [0.15, 0.2) is 97.1 Å². The molecule has 41 heavy (non-hydrogen) atoms. The molecule has 0 radical (unpaired) electrons. The molecule has 0 bridgehead atoms. The number of anilines is 2. The fourth-order valence-electron chi connectivity index (χ4n) is 5.20. The predicted octanol–water partition coefficient (Wildman–Crippen LogP) is -1.28. The van der Waals surface area contributed by atoms with Gasteiger partial charge in [0.15, 0.2) is 0 Å². The highest BCUT2D eigenvalue weighted by Crippen LogP contribution is 2.31. The standard InChI is InChI=1S/C33H33N5.3ClH/c1-5-16-28-24(12-1)32(25-13-2-6-17-29(25)37-28)35-22-10-9-20-34-21-11-23-36-33-26-14-3-7-18-30(26)38-31-19-8-4-15-27(31)33;;;/h1-8,12-19,34H,9-11,20-23H2,(H,35,37)(H,36,38);3*1H. The minimum atomic E-state index is 0. The quantitative estimate of drug-likeness (QED) is 0.127. The van der Waals surface area contributed by atoms with Crippen LogP contribution in [-0.2, 0) is 0 Å². The van der Waals surface area contributed by atoms with Crippen molar-refractivity contribution in [3.8, 4) is 0 Å². The Bertz CT molecular complexity index is 1490. The zero-order chi connectivity index (χ0) is 25.6. The molecule has 0 aliphatic heterocycles. The van der Waals surface area contributed by atoms with Crippen LogP contribution in [0.3, 0.4) is 0 Å². The molecule has 0 spiro atoms. The minimum Gasteiger partial charge on any atom is -1.00 e. The highest BCUT2D eigenvalue weighted by molar-refractivity contribution is 6.08. The molecule has 0 saturated carbocycles. The lowest BCUT2D eigenvalue weighted by molar-refractivity contribution is -0.00100. The highest BCUT2D eigenvalue weighted by atomic mass is 35.5. The van der Waals surface area contributed by atoms with Gasteiger partial charge in [0.1, 0.15) is 0 Å². The number of para-hydroxylation sites is 4. The summed E-state index contributed by atoms with van der Waals surface area (Å²) >= 11 is 0. The highest BCUT2D eigenvalue weighted by Gasteiger charge is 2.09. The molecule has 5 nitrogen and oxygen atoms in total. The van der Waals surface area contributed by atoms with Gasteiger partial charge in [-0.2, -0.15) is 0 Å². The van der Waals surface area contributed by atoms with Gasteiger partial charge in [0.2, 0.25) is 0 Å². The molecular weight excluding hydrogens is 573 g/mol. The van der Waals surface area contributed by atoms with E-state index in [9.17, 15) is 0 Å². The van der Waals surface area contributed by atoms with Gasteiger partial charge in [0, 0.05) is 34.6 Å². The van der Waals surface area contributed by atoms with Gasteiger partial charge in [-0.1, -0.05) is 72.8 Å². The monoisotopic (exact) mass is 607 g/mol. The summed E-state index contributed by atoms with van der Waals surface area (Å²) in [4.78, 5) is 9.64. The van der Waals surface area contributed by atoms with E-state index in [0.29, 0.717) is 0 Å². The van der Waals surface area contributed by atoms with Crippen LogP contribution >= 0.6 is 0 Å². The maximum Gasteiger partial charge on any atom is 1.00 e. The van der Waals surface area contributed by atoms with Crippen LogP contribution in [0.5, 0.6) is 0 Å². The van der Waals surface area contributed by atoms with E-state index in [-0.39, 0.29) is 41.5 Å². The van der Waals surface area contributed by atoms with Crippen LogP contribution in [0, 0.1) is 0 Å². The van der Waals surface area contributed by atoms with Crippen LogP contribution in [0.25, 0.3) is 43.6 Å². The van der Waals surface area contributed by atoms with E-state index in [0.717, 1.165) is 67.5 Å². The Labute approximate surface area is 264 Å². The molecule has 214 valence electrons. The number of pyridine rings is 2. The van der Waals surface area contributed by atoms with E-state index in [1.54, 1.807) is 0 Å². The zero-order valence-electron chi connectivity index (χ0n) is 25.7. The average molecular weight is 609 g/mol. The van der Waals surface area contributed by atoms with Crippen LogP contribution in [0.2, 0.25) is 0 Å².